The van der Waals surface area contributed by atoms with Crippen LogP contribution in [0.15, 0.2) is 53.4 Å². The summed E-state index contributed by atoms with van der Waals surface area (Å²) in [5.41, 5.74) is 3.61. The predicted molar refractivity (Wildman–Crippen MR) is 110 cm³/mol. The second kappa shape index (κ2) is 9.10. The summed E-state index contributed by atoms with van der Waals surface area (Å²) < 4.78 is 0. The Morgan fingerprint density at radius 1 is 1.19 bits per heavy atom. The average Bonchev–Trinajstić information content (AvgIpc) is 3.10. The lowest BCUT2D eigenvalue weighted by Crippen LogP contribution is -2.34. The van der Waals surface area contributed by atoms with E-state index in [1.165, 1.54) is 11.1 Å². The van der Waals surface area contributed by atoms with E-state index in [1.54, 1.807) is 11.8 Å². The van der Waals surface area contributed by atoms with Crippen LogP contribution >= 0.6 is 11.8 Å². The number of carbonyl (C=O) groups is 1. The quantitative estimate of drug-likeness (QED) is 0.744. The summed E-state index contributed by atoms with van der Waals surface area (Å²) in [6.45, 7) is 6.02. The third kappa shape index (κ3) is 5.02. The highest BCUT2D eigenvalue weighted by Crippen LogP contribution is 2.24. The number of anilines is 1. The van der Waals surface area contributed by atoms with Gasteiger partial charge in [0.1, 0.15) is 0 Å². The zero-order chi connectivity index (χ0) is 18.4. The predicted octanol–water partition coefficient (Wildman–Crippen LogP) is 4.36. The molecule has 1 atom stereocenters. The molecule has 0 aromatic heterocycles. The maximum Gasteiger partial charge on any atom is 0.319 e. The summed E-state index contributed by atoms with van der Waals surface area (Å²) in [6, 6.07) is 16.3. The molecule has 138 valence electrons. The van der Waals surface area contributed by atoms with Gasteiger partial charge in [0.05, 0.1) is 5.69 Å². The van der Waals surface area contributed by atoms with Gasteiger partial charge in [-0.1, -0.05) is 36.4 Å². The molecule has 1 saturated heterocycles. The van der Waals surface area contributed by atoms with Gasteiger partial charge in [-0.2, -0.15) is 0 Å². The van der Waals surface area contributed by atoms with Crippen LogP contribution in [0.25, 0.3) is 0 Å². The first-order valence-corrected chi connectivity index (χ1v) is 10.3. The van der Waals surface area contributed by atoms with Crippen LogP contribution in [0, 0.1) is 12.8 Å². The highest BCUT2D eigenvalue weighted by molar-refractivity contribution is 7.98. The van der Waals surface area contributed by atoms with Gasteiger partial charge in [-0.05, 0) is 55.3 Å². The molecule has 0 spiro atoms. The molecule has 0 bridgehead atoms. The maximum absolute atomic E-state index is 12.2. The number of para-hydroxylation sites is 1. The van der Waals surface area contributed by atoms with Crippen LogP contribution < -0.4 is 10.6 Å². The van der Waals surface area contributed by atoms with Crippen molar-refractivity contribution < 1.29 is 4.79 Å². The minimum Gasteiger partial charge on any atom is -0.338 e. The van der Waals surface area contributed by atoms with Crippen molar-refractivity contribution in [3.63, 3.8) is 0 Å². The number of rotatable bonds is 6. The van der Waals surface area contributed by atoms with Gasteiger partial charge < -0.3 is 10.6 Å². The lowest BCUT2D eigenvalue weighted by atomic mass is 10.1. The van der Waals surface area contributed by atoms with Gasteiger partial charge in [-0.25, -0.2) is 4.79 Å². The molecule has 0 aliphatic carbocycles. The fourth-order valence-electron chi connectivity index (χ4n) is 3.40. The third-order valence-corrected chi connectivity index (χ3v) is 5.73. The molecule has 1 aliphatic heterocycles. The first-order chi connectivity index (χ1) is 12.7. The van der Waals surface area contributed by atoms with Crippen molar-refractivity contribution in [2.24, 2.45) is 5.92 Å². The van der Waals surface area contributed by atoms with Crippen molar-refractivity contribution >= 4 is 23.5 Å². The zero-order valence-electron chi connectivity index (χ0n) is 15.5. The van der Waals surface area contributed by atoms with Crippen molar-refractivity contribution in [1.82, 2.24) is 10.2 Å². The molecule has 1 unspecified atom stereocenters. The number of amides is 2. The number of likely N-dealkylation sites (tertiary alicyclic amines) is 1. The maximum atomic E-state index is 12.2. The molecule has 0 radical (unpaired) electrons. The lowest BCUT2D eigenvalue weighted by molar-refractivity contribution is 0.249. The summed E-state index contributed by atoms with van der Waals surface area (Å²) in [7, 11) is 0. The fourth-order valence-corrected chi connectivity index (χ4v) is 3.96. The molecular weight excluding hydrogens is 342 g/mol. The number of hydrogen-bond acceptors (Lipinski definition) is 3. The number of urea groups is 1. The van der Waals surface area contributed by atoms with Crippen LogP contribution in [-0.2, 0) is 6.54 Å². The minimum absolute atomic E-state index is 0.121. The molecule has 5 heteroatoms. The van der Waals surface area contributed by atoms with E-state index in [4.69, 9.17) is 0 Å². The standard InChI is InChI=1S/C21H27N3OS/c1-16-7-3-4-8-18(16)15-24-12-11-17(14-24)13-22-21(25)23-19-9-5-6-10-20(19)26-2/h3-10,17H,11-15H2,1-2H3,(H2,22,23,25). The summed E-state index contributed by atoms with van der Waals surface area (Å²) in [4.78, 5) is 15.8. The number of hydrogen-bond donors (Lipinski definition) is 2. The third-order valence-electron chi connectivity index (χ3n) is 4.93. The summed E-state index contributed by atoms with van der Waals surface area (Å²) in [6.07, 6.45) is 3.15. The van der Waals surface area contributed by atoms with Crippen LogP contribution in [0.3, 0.4) is 0 Å². The molecule has 2 aromatic rings. The highest BCUT2D eigenvalue weighted by Gasteiger charge is 2.23. The highest BCUT2D eigenvalue weighted by atomic mass is 32.2. The monoisotopic (exact) mass is 369 g/mol. The number of nitrogens with zero attached hydrogens (tertiary/aromatic N) is 1. The Bertz CT molecular complexity index is 750. The van der Waals surface area contributed by atoms with Crippen LogP contribution in [0.2, 0.25) is 0 Å². The zero-order valence-corrected chi connectivity index (χ0v) is 16.3. The Balaban J connectivity index is 1.44. The van der Waals surface area contributed by atoms with E-state index in [1.807, 2.05) is 30.5 Å². The molecule has 2 amide bonds. The number of aryl methyl sites for hydroxylation is 1. The smallest absolute Gasteiger partial charge is 0.319 e. The normalized spacial score (nSPS) is 17.2. The molecule has 4 nitrogen and oxygen atoms in total. The second-order valence-electron chi connectivity index (χ2n) is 6.85. The van der Waals surface area contributed by atoms with E-state index in [0.29, 0.717) is 5.92 Å². The second-order valence-corrected chi connectivity index (χ2v) is 7.70. The molecule has 2 aromatic carbocycles. The summed E-state index contributed by atoms with van der Waals surface area (Å²) in [5, 5.41) is 5.99. The molecule has 3 rings (SSSR count). The summed E-state index contributed by atoms with van der Waals surface area (Å²) >= 11 is 1.63. The van der Waals surface area contributed by atoms with Gasteiger partial charge in [-0.15, -0.1) is 11.8 Å². The Labute approximate surface area is 160 Å². The molecule has 1 heterocycles. The molecule has 1 aliphatic rings. The van der Waals surface area contributed by atoms with E-state index < -0.39 is 0 Å². The van der Waals surface area contributed by atoms with Gasteiger partial charge in [0.25, 0.3) is 0 Å². The van der Waals surface area contributed by atoms with Crippen molar-refractivity contribution in [3.05, 3.63) is 59.7 Å². The van der Waals surface area contributed by atoms with E-state index in [9.17, 15) is 4.79 Å². The topological polar surface area (TPSA) is 44.4 Å². The lowest BCUT2D eigenvalue weighted by Gasteiger charge is -2.18. The van der Waals surface area contributed by atoms with Crippen molar-refractivity contribution in [2.75, 3.05) is 31.2 Å². The van der Waals surface area contributed by atoms with Crippen molar-refractivity contribution in [2.45, 2.75) is 24.8 Å². The molecule has 2 N–H and O–H groups in total. The SMILES string of the molecule is CSc1ccccc1NC(=O)NCC1CCN(Cc2ccccc2C)C1. The molecular formula is C21H27N3OS. The van der Waals surface area contributed by atoms with Gasteiger partial charge in [-0.3, -0.25) is 4.90 Å². The number of benzene rings is 2. The van der Waals surface area contributed by atoms with Crippen LogP contribution in [-0.4, -0.2) is 36.8 Å². The Kier molecular flexibility index (Phi) is 6.58. The molecule has 26 heavy (non-hydrogen) atoms. The number of thioether (sulfide) groups is 1. The van der Waals surface area contributed by atoms with Crippen LogP contribution in [0.5, 0.6) is 0 Å². The Morgan fingerprint density at radius 3 is 2.77 bits per heavy atom. The Hall–Kier alpha value is -1.98. The van der Waals surface area contributed by atoms with E-state index in [0.717, 1.165) is 43.2 Å². The first-order valence-electron chi connectivity index (χ1n) is 9.10. The van der Waals surface area contributed by atoms with Crippen LogP contribution in [0.4, 0.5) is 10.5 Å². The number of carbonyl (C=O) groups excluding carboxylic acids is 1. The van der Waals surface area contributed by atoms with E-state index in [-0.39, 0.29) is 6.03 Å². The van der Waals surface area contributed by atoms with Crippen LogP contribution in [0.1, 0.15) is 17.5 Å². The molecule has 0 saturated carbocycles. The average molecular weight is 370 g/mol. The van der Waals surface area contributed by atoms with Gasteiger partial charge in [0.15, 0.2) is 0 Å². The van der Waals surface area contributed by atoms with Gasteiger partial charge in [0.2, 0.25) is 0 Å². The Morgan fingerprint density at radius 2 is 1.96 bits per heavy atom. The minimum atomic E-state index is -0.121. The van der Waals surface area contributed by atoms with E-state index in [2.05, 4.69) is 46.7 Å². The number of nitrogens with one attached hydrogen (secondary N) is 2. The summed E-state index contributed by atoms with van der Waals surface area (Å²) in [5.74, 6) is 0.514. The largest absolute Gasteiger partial charge is 0.338 e. The first kappa shape index (κ1) is 18.8. The van der Waals surface area contributed by atoms with Crippen molar-refractivity contribution in [3.8, 4) is 0 Å². The van der Waals surface area contributed by atoms with E-state index >= 15 is 0 Å². The van der Waals surface area contributed by atoms with Crippen molar-refractivity contribution in [1.29, 1.82) is 0 Å². The fraction of sp³-hybridized carbons (Fsp3) is 0.381. The van der Waals surface area contributed by atoms with Gasteiger partial charge >= 0.3 is 6.03 Å². The molecule has 1 fully saturated rings. The van der Waals surface area contributed by atoms with Gasteiger partial charge in [0, 0.05) is 24.5 Å².